The molecule has 0 aromatic heterocycles. The average molecular weight is 455 g/mol. The minimum absolute atomic E-state index is 0.0436. The number of hydrazone groups is 1. The molecule has 1 aliphatic heterocycles. The lowest BCUT2D eigenvalue weighted by Gasteiger charge is -2.39. The number of thioether (sulfide) groups is 1. The lowest BCUT2D eigenvalue weighted by Crippen LogP contribution is -2.54. The zero-order valence-electron chi connectivity index (χ0n) is 16.4. The van der Waals surface area contributed by atoms with Gasteiger partial charge in [-0.3, -0.25) is 5.01 Å². The summed E-state index contributed by atoms with van der Waals surface area (Å²) in [6.07, 6.45) is 0.720. The molecule has 0 saturated heterocycles. The lowest BCUT2D eigenvalue weighted by atomic mass is 9.70. The molecule has 4 nitrogen and oxygen atoms in total. The van der Waals surface area contributed by atoms with Crippen LogP contribution in [-0.2, 0) is 15.3 Å². The van der Waals surface area contributed by atoms with Gasteiger partial charge in [0, 0.05) is 17.4 Å². The first-order chi connectivity index (χ1) is 14.1. The second-order valence-electron chi connectivity index (χ2n) is 6.97. The number of hydrogen-bond acceptors (Lipinski definition) is 5. The van der Waals surface area contributed by atoms with E-state index in [9.17, 15) is 21.6 Å². The Kier molecular flexibility index (Phi) is 6.06. The summed E-state index contributed by atoms with van der Waals surface area (Å²) in [4.78, 5) is 0.729. The molecule has 1 heterocycles. The molecule has 0 N–H and O–H groups in total. The van der Waals surface area contributed by atoms with E-state index in [2.05, 4.69) is 11.7 Å². The fraction of sp³-hybridized carbons (Fsp3) is 0.286. The van der Waals surface area contributed by atoms with Crippen LogP contribution in [0.5, 0.6) is 0 Å². The van der Waals surface area contributed by atoms with Crippen LogP contribution in [0.3, 0.4) is 0 Å². The summed E-state index contributed by atoms with van der Waals surface area (Å²) in [5.74, 6) is 0. The van der Waals surface area contributed by atoms with Crippen molar-refractivity contribution in [3.63, 3.8) is 0 Å². The van der Waals surface area contributed by atoms with Crippen LogP contribution >= 0.6 is 11.8 Å². The van der Waals surface area contributed by atoms with Gasteiger partial charge in [0.15, 0.2) is 15.9 Å². The van der Waals surface area contributed by atoms with Crippen LogP contribution in [0, 0.1) is 0 Å². The predicted molar refractivity (Wildman–Crippen MR) is 114 cm³/mol. The molecule has 3 rings (SSSR count). The maximum Gasteiger partial charge on any atom is 0.411 e. The van der Waals surface area contributed by atoms with E-state index in [-0.39, 0.29) is 17.0 Å². The Morgan fingerprint density at radius 2 is 1.83 bits per heavy atom. The van der Waals surface area contributed by atoms with Crippen molar-refractivity contribution in [2.75, 3.05) is 19.1 Å². The van der Waals surface area contributed by atoms with Gasteiger partial charge in [0.25, 0.3) is 0 Å². The molecule has 1 aliphatic rings. The molecule has 0 aliphatic carbocycles. The van der Waals surface area contributed by atoms with Gasteiger partial charge in [0.1, 0.15) is 0 Å². The van der Waals surface area contributed by atoms with Crippen LogP contribution in [0.1, 0.15) is 11.1 Å². The van der Waals surface area contributed by atoms with Crippen molar-refractivity contribution < 1.29 is 21.6 Å². The summed E-state index contributed by atoms with van der Waals surface area (Å²) in [5.41, 5.74) is -1.48. The summed E-state index contributed by atoms with van der Waals surface area (Å²) < 4.78 is 68.4. The van der Waals surface area contributed by atoms with Gasteiger partial charge < -0.3 is 0 Å². The highest BCUT2D eigenvalue weighted by molar-refractivity contribution is 7.98. The fourth-order valence-electron chi connectivity index (χ4n) is 3.85. The zero-order chi connectivity index (χ0) is 22.2. The third-order valence-corrected chi connectivity index (χ3v) is 6.96. The summed E-state index contributed by atoms with van der Waals surface area (Å²) in [6, 6.07) is 10.4. The van der Waals surface area contributed by atoms with Crippen LogP contribution in [0.15, 0.2) is 76.1 Å². The minimum atomic E-state index is -4.69. The van der Waals surface area contributed by atoms with Gasteiger partial charge in [-0.05, 0) is 35.6 Å². The van der Waals surface area contributed by atoms with Gasteiger partial charge >= 0.3 is 6.18 Å². The van der Waals surface area contributed by atoms with Gasteiger partial charge in [0.05, 0.1) is 16.9 Å². The smallest absolute Gasteiger partial charge is 0.280 e. The number of halogens is 3. The number of alkyl halides is 3. The van der Waals surface area contributed by atoms with Gasteiger partial charge in [-0.25, -0.2) is 8.42 Å². The first kappa shape index (κ1) is 22.4. The second kappa shape index (κ2) is 8.11. The van der Waals surface area contributed by atoms with E-state index in [0.717, 1.165) is 16.2 Å². The van der Waals surface area contributed by atoms with Crippen molar-refractivity contribution in [2.24, 2.45) is 5.10 Å². The molecule has 0 radical (unpaired) electrons. The third kappa shape index (κ3) is 3.88. The maximum absolute atomic E-state index is 14.5. The minimum Gasteiger partial charge on any atom is -0.280 e. The van der Waals surface area contributed by atoms with Crippen molar-refractivity contribution in [1.82, 2.24) is 5.01 Å². The Morgan fingerprint density at radius 3 is 2.37 bits per heavy atom. The highest BCUT2D eigenvalue weighted by atomic mass is 32.2. The molecule has 30 heavy (non-hydrogen) atoms. The molecule has 0 spiro atoms. The number of nitrogens with zero attached hydrogens (tertiary/aromatic N) is 2. The van der Waals surface area contributed by atoms with Crippen LogP contribution < -0.4 is 0 Å². The molecule has 0 fully saturated rings. The summed E-state index contributed by atoms with van der Waals surface area (Å²) in [6.45, 7) is 3.40. The topological polar surface area (TPSA) is 49.7 Å². The molecule has 2 aromatic rings. The van der Waals surface area contributed by atoms with Gasteiger partial charge in [0.2, 0.25) is 0 Å². The Hall–Kier alpha value is -2.26. The van der Waals surface area contributed by atoms with E-state index in [1.54, 1.807) is 30.3 Å². The standard InChI is InChI=1S/C21H21F3N2O2S2/c1-4-13-26-19(21(22,23)24)20(14-25-26,15-9-11-16(29-2)12-10-15)17-7-5-6-8-18(17)30(3,27)28/h4-12,14,19H,1,13H2,2-3H3. The number of rotatable bonds is 6. The van der Waals surface area contributed by atoms with Crippen LogP contribution in [-0.4, -0.2) is 50.9 Å². The quantitative estimate of drug-likeness (QED) is 0.476. The average Bonchev–Trinajstić information content (AvgIpc) is 3.08. The highest BCUT2D eigenvalue weighted by Gasteiger charge is 2.61. The van der Waals surface area contributed by atoms with Crippen molar-refractivity contribution >= 4 is 27.8 Å². The van der Waals surface area contributed by atoms with Gasteiger partial charge in [-0.15, -0.1) is 18.3 Å². The van der Waals surface area contributed by atoms with Crippen molar-refractivity contribution in [3.8, 4) is 0 Å². The van der Waals surface area contributed by atoms with E-state index in [0.29, 0.717) is 5.56 Å². The van der Waals surface area contributed by atoms with Crippen molar-refractivity contribution in [2.45, 2.75) is 27.4 Å². The Morgan fingerprint density at radius 1 is 1.20 bits per heavy atom. The molecule has 0 saturated carbocycles. The SMILES string of the molecule is C=CCN1N=CC(c2ccc(SC)cc2)(c2ccccc2S(C)(=O)=O)C1C(F)(F)F. The van der Waals surface area contributed by atoms with Gasteiger partial charge in [-0.1, -0.05) is 36.4 Å². The number of hydrogen-bond donors (Lipinski definition) is 0. The summed E-state index contributed by atoms with van der Waals surface area (Å²) in [5, 5.41) is 4.97. The summed E-state index contributed by atoms with van der Waals surface area (Å²) in [7, 11) is -3.80. The van der Waals surface area contributed by atoms with E-state index >= 15 is 0 Å². The third-order valence-electron chi connectivity index (χ3n) is 5.07. The highest BCUT2D eigenvalue weighted by Crippen LogP contribution is 2.48. The van der Waals surface area contributed by atoms with Crippen molar-refractivity contribution in [3.05, 3.63) is 72.3 Å². The zero-order valence-corrected chi connectivity index (χ0v) is 18.1. The molecule has 160 valence electrons. The monoisotopic (exact) mass is 454 g/mol. The van der Waals surface area contributed by atoms with Crippen LogP contribution in [0.4, 0.5) is 13.2 Å². The molecular weight excluding hydrogens is 433 g/mol. The second-order valence-corrected chi connectivity index (χ2v) is 9.83. The fourth-order valence-corrected chi connectivity index (χ4v) is 5.22. The summed E-state index contributed by atoms with van der Waals surface area (Å²) >= 11 is 1.46. The van der Waals surface area contributed by atoms with Gasteiger partial charge in [-0.2, -0.15) is 18.3 Å². The van der Waals surface area contributed by atoms with Crippen LogP contribution in [0.2, 0.25) is 0 Å². The molecule has 0 amide bonds. The largest absolute Gasteiger partial charge is 0.411 e. The molecule has 0 bridgehead atoms. The Balaban J connectivity index is 2.39. The first-order valence-electron chi connectivity index (χ1n) is 8.99. The normalized spacial score (nSPS) is 21.8. The predicted octanol–water partition coefficient (Wildman–Crippen LogP) is 4.52. The van der Waals surface area contributed by atoms with E-state index in [4.69, 9.17) is 0 Å². The Bertz CT molecular complexity index is 1070. The van der Waals surface area contributed by atoms with Crippen molar-refractivity contribution in [1.29, 1.82) is 0 Å². The maximum atomic E-state index is 14.5. The number of benzene rings is 2. The Labute approximate surface area is 178 Å². The number of sulfone groups is 1. The molecule has 2 unspecified atom stereocenters. The molecule has 2 aromatic carbocycles. The van der Waals surface area contributed by atoms with E-state index in [1.807, 2.05) is 6.26 Å². The molecular formula is C21H21F3N2O2S2. The molecule has 2 atom stereocenters. The first-order valence-corrected chi connectivity index (χ1v) is 12.1. The van der Waals surface area contributed by atoms with E-state index < -0.39 is 27.5 Å². The lowest BCUT2D eigenvalue weighted by molar-refractivity contribution is -0.187. The van der Waals surface area contributed by atoms with Crippen LogP contribution in [0.25, 0.3) is 0 Å². The van der Waals surface area contributed by atoms with E-state index in [1.165, 1.54) is 42.3 Å². The molecule has 9 heteroatoms.